The largest absolute Gasteiger partial charge is 0.300 e. The molecule has 0 saturated heterocycles. The molecule has 0 amide bonds. The van der Waals surface area contributed by atoms with Crippen molar-refractivity contribution in [1.29, 1.82) is 0 Å². The van der Waals surface area contributed by atoms with Crippen LogP contribution in [0, 0.1) is 0 Å². The van der Waals surface area contributed by atoms with E-state index in [1.807, 2.05) is 6.92 Å². The summed E-state index contributed by atoms with van der Waals surface area (Å²) in [5.41, 5.74) is 1.13. The lowest BCUT2D eigenvalue weighted by atomic mass is 10.1. The minimum absolute atomic E-state index is 0.328. The number of rotatable bonds is 11. The van der Waals surface area contributed by atoms with Crippen molar-refractivity contribution in [2.75, 3.05) is 0 Å². The third-order valence-corrected chi connectivity index (χ3v) is 2.80. The van der Waals surface area contributed by atoms with Gasteiger partial charge in [0.15, 0.2) is 0 Å². The van der Waals surface area contributed by atoms with E-state index < -0.39 is 0 Å². The van der Waals surface area contributed by atoms with Gasteiger partial charge in [0.2, 0.25) is 0 Å². The third-order valence-electron chi connectivity index (χ3n) is 2.80. The Bertz CT molecular complexity index is 238. The number of carbonyl (C=O) groups excluding carboxylic acids is 1. The molecule has 0 aliphatic rings. The summed E-state index contributed by atoms with van der Waals surface area (Å²) >= 11 is 0. The molecule has 1 nitrogen and oxygen atoms in total. The number of carbonyl (C=O) groups is 1. The highest BCUT2D eigenvalue weighted by atomic mass is 16.1. The summed E-state index contributed by atoms with van der Waals surface area (Å²) in [4.78, 5) is 10.7. The summed E-state index contributed by atoms with van der Waals surface area (Å²) in [6.07, 6.45) is 15.1. The molecule has 98 valence electrons. The SMILES string of the molecule is C=C(C)/C=C/CCCCCCCCCC(C)=O. The predicted molar refractivity (Wildman–Crippen MR) is 76.2 cm³/mol. The van der Waals surface area contributed by atoms with Crippen LogP contribution in [0.1, 0.15) is 71.6 Å². The fraction of sp³-hybridized carbons (Fsp3) is 0.688. The van der Waals surface area contributed by atoms with Gasteiger partial charge in [-0.25, -0.2) is 0 Å². The van der Waals surface area contributed by atoms with Crippen LogP contribution >= 0.6 is 0 Å². The Labute approximate surface area is 107 Å². The number of hydrogen-bond acceptors (Lipinski definition) is 1. The van der Waals surface area contributed by atoms with Gasteiger partial charge in [-0.2, -0.15) is 0 Å². The van der Waals surface area contributed by atoms with Crippen LogP contribution in [0.2, 0.25) is 0 Å². The number of unbranched alkanes of at least 4 members (excludes halogenated alkanes) is 7. The Kier molecular flexibility index (Phi) is 11.0. The highest BCUT2D eigenvalue weighted by Gasteiger charge is 1.94. The van der Waals surface area contributed by atoms with Crippen LogP contribution in [0.4, 0.5) is 0 Å². The first-order valence-corrected chi connectivity index (χ1v) is 6.94. The lowest BCUT2D eigenvalue weighted by molar-refractivity contribution is -0.117. The van der Waals surface area contributed by atoms with E-state index in [-0.39, 0.29) is 0 Å². The van der Waals surface area contributed by atoms with Crippen molar-refractivity contribution in [3.05, 3.63) is 24.3 Å². The zero-order valence-corrected chi connectivity index (χ0v) is 11.6. The van der Waals surface area contributed by atoms with Crippen molar-refractivity contribution < 1.29 is 4.79 Å². The normalized spacial score (nSPS) is 10.9. The van der Waals surface area contributed by atoms with Gasteiger partial charge in [-0.1, -0.05) is 56.4 Å². The summed E-state index contributed by atoms with van der Waals surface area (Å²) in [7, 11) is 0. The summed E-state index contributed by atoms with van der Waals surface area (Å²) < 4.78 is 0. The third kappa shape index (κ3) is 15.1. The van der Waals surface area contributed by atoms with Gasteiger partial charge in [0.25, 0.3) is 0 Å². The molecule has 0 radical (unpaired) electrons. The molecule has 0 rings (SSSR count). The predicted octanol–water partition coefficient (Wildman–Crippen LogP) is 5.22. The minimum atomic E-state index is 0.328. The molecule has 0 aromatic heterocycles. The van der Waals surface area contributed by atoms with Crippen LogP contribution in [-0.2, 0) is 4.79 Å². The number of hydrogen-bond donors (Lipinski definition) is 0. The Hall–Kier alpha value is -0.850. The van der Waals surface area contributed by atoms with Crippen LogP contribution < -0.4 is 0 Å². The fourth-order valence-electron chi connectivity index (χ4n) is 1.80. The molecule has 0 N–H and O–H groups in total. The Balaban J connectivity index is 3.08. The van der Waals surface area contributed by atoms with Gasteiger partial charge < -0.3 is 4.79 Å². The summed E-state index contributed by atoms with van der Waals surface area (Å²) in [5, 5.41) is 0. The molecule has 0 unspecified atom stereocenters. The van der Waals surface area contributed by atoms with Crippen LogP contribution in [0.3, 0.4) is 0 Å². The fourth-order valence-corrected chi connectivity index (χ4v) is 1.80. The molecule has 1 heteroatoms. The van der Waals surface area contributed by atoms with E-state index in [1.165, 1.54) is 44.9 Å². The van der Waals surface area contributed by atoms with E-state index in [2.05, 4.69) is 18.7 Å². The second-order valence-corrected chi connectivity index (χ2v) is 4.96. The molecule has 0 bridgehead atoms. The van der Waals surface area contributed by atoms with Crippen molar-refractivity contribution in [1.82, 2.24) is 0 Å². The zero-order chi connectivity index (χ0) is 12.9. The molecule has 0 saturated carbocycles. The number of allylic oxidation sites excluding steroid dienone is 3. The van der Waals surface area contributed by atoms with Crippen molar-refractivity contribution >= 4 is 5.78 Å². The summed E-state index contributed by atoms with van der Waals surface area (Å²) in [6, 6.07) is 0. The minimum Gasteiger partial charge on any atom is -0.300 e. The molecule has 17 heavy (non-hydrogen) atoms. The van der Waals surface area contributed by atoms with Gasteiger partial charge in [0.1, 0.15) is 5.78 Å². The Morgan fingerprint density at radius 3 is 2.00 bits per heavy atom. The molecule has 0 spiro atoms. The maximum Gasteiger partial charge on any atom is 0.129 e. The molecular weight excluding hydrogens is 208 g/mol. The average molecular weight is 236 g/mol. The first-order valence-electron chi connectivity index (χ1n) is 6.94. The van der Waals surface area contributed by atoms with Gasteiger partial charge in [0.05, 0.1) is 0 Å². The molecule has 0 fully saturated rings. The first kappa shape index (κ1) is 16.1. The van der Waals surface area contributed by atoms with Crippen molar-refractivity contribution in [3.63, 3.8) is 0 Å². The second kappa shape index (κ2) is 11.6. The van der Waals surface area contributed by atoms with Gasteiger partial charge in [-0.05, 0) is 33.1 Å². The average Bonchev–Trinajstić information content (AvgIpc) is 2.25. The van der Waals surface area contributed by atoms with E-state index >= 15 is 0 Å². The maximum atomic E-state index is 10.7. The van der Waals surface area contributed by atoms with Crippen molar-refractivity contribution in [3.8, 4) is 0 Å². The number of Topliss-reactive ketones (excluding diaryl/α,β-unsaturated/α-hetero) is 1. The van der Waals surface area contributed by atoms with E-state index in [9.17, 15) is 4.79 Å². The van der Waals surface area contributed by atoms with Crippen molar-refractivity contribution in [2.45, 2.75) is 71.6 Å². The first-order chi connectivity index (χ1) is 8.13. The summed E-state index contributed by atoms with van der Waals surface area (Å²) in [6.45, 7) is 7.54. The van der Waals surface area contributed by atoms with Gasteiger partial charge in [-0.3, -0.25) is 0 Å². The van der Waals surface area contributed by atoms with E-state index in [1.54, 1.807) is 6.92 Å². The van der Waals surface area contributed by atoms with Gasteiger partial charge >= 0.3 is 0 Å². The van der Waals surface area contributed by atoms with Crippen LogP contribution in [0.5, 0.6) is 0 Å². The molecule has 0 aromatic rings. The highest BCUT2D eigenvalue weighted by Crippen LogP contribution is 2.10. The lowest BCUT2D eigenvalue weighted by Gasteiger charge is -2.00. The summed E-state index contributed by atoms with van der Waals surface area (Å²) in [5.74, 6) is 0.328. The standard InChI is InChI=1S/C16H28O/c1-15(2)13-11-9-7-5-4-6-8-10-12-14-16(3)17/h11,13H,1,4-10,12,14H2,2-3H3/b13-11+. The van der Waals surface area contributed by atoms with E-state index in [4.69, 9.17) is 0 Å². The van der Waals surface area contributed by atoms with Gasteiger partial charge in [-0.15, -0.1) is 0 Å². The molecule has 0 heterocycles. The van der Waals surface area contributed by atoms with Crippen LogP contribution in [-0.4, -0.2) is 5.78 Å². The topological polar surface area (TPSA) is 17.1 Å². The van der Waals surface area contributed by atoms with E-state index in [0.29, 0.717) is 5.78 Å². The van der Waals surface area contributed by atoms with Gasteiger partial charge in [0, 0.05) is 6.42 Å². The Morgan fingerprint density at radius 2 is 1.47 bits per heavy atom. The van der Waals surface area contributed by atoms with Crippen LogP contribution in [0.15, 0.2) is 24.3 Å². The van der Waals surface area contributed by atoms with Crippen LogP contribution in [0.25, 0.3) is 0 Å². The quantitative estimate of drug-likeness (QED) is 0.355. The second-order valence-electron chi connectivity index (χ2n) is 4.96. The lowest BCUT2D eigenvalue weighted by Crippen LogP contribution is -1.89. The van der Waals surface area contributed by atoms with E-state index in [0.717, 1.165) is 18.4 Å². The Morgan fingerprint density at radius 1 is 0.941 bits per heavy atom. The molecular formula is C16H28O. The van der Waals surface area contributed by atoms with Crippen molar-refractivity contribution in [2.24, 2.45) is 0 Å². The molecule has 0 atom stereocenters. The smallest absolute Gasteiger partial charge is 0.129 e. The molecule has 0 aliphatic carbocycles. The molecule has 0 aromatic carbocycles. The maximum absolute atomic E-state index is 10.7. The zero-order valence-electron chi connectivity index (χ0n) is 11.6. The molecule has 0 aliphatic heterocycles. The monoisotopic (exact) mass is 236 g/mol. The number of ketones is 1. The highest BCUT2D eigenvalue weighted by molar-refractivity contribution is 5.75.